The lowest BCUT2D eigenvalue weighted by atomic mass is 9.86. The number of aliphatic hydroxyl groups excluding tert-OH is 1. The predicted octanol–water partition coefficient (Wildman–Crippen LogP) is 4.98. The summed E-state index contributed by atoms with van der Waals surface area (Å²) < 4.78 is 28.2. The Kier molecular flexibility index (Phi) is 8.35. The summed E-state index contributed by atoms with van der Waals surface area (Å²) in [5.74, 6) is 0.208. The zero-order valence-corrected chi connectivity index (χ0v) is 23.0. The van der Waals surface area contributed by atoms with Gasteiger partial charge in [-0.25, -0.2) is 0 Å². The fourth-order valence-electron chi connectivity index (χ4n) is 5.78. The number of halogens is 1. The molecule has 1 N–H and O–H groups in total. The van der Waals surface area contributed by atoms with Crippen LogP contribution in [0.25, 0.3) is 0 Å². The van der Waals surface area contributed by atoms with Crippen molar-refractivity contribution < 1.29 is 28.3 Å². The molecular weight excluding hydrogens is 491 g/mol. The largest absolute Gasteiger partial charge is 0.490 e. The molecule has 2 aliphatic heterocycles. The average molecular weight is 529 g/mol. The Labute approximate surface area is 219 Å². The molecule has 1 fully saturated rings. The number of hydrogen-bond donors (Lipinski definition) is 1. The molecule has 2 amide bonds. The lowest BCUT2D eigenvalue weighted by Gasteiger charge is -2.43. The maximum absolute atomic E-state index is 15.8. The van der Waals surface area contributed by atoms with Crippen molar-refractivity contribution in [3.8, 4) is 5.75 Å². The first-order valence-electron chi connectivity index (χ1n) is 12.9. The summed E-state index contributed by atoms with van der Waals surface area (Å²) in [5, 5.41) is 9.67. The van der Waals surface area contributed by atoms with Gasteiger partial charge in [-0.2, -0.15) is 0 Å². The summed E-state index contributed by atoms with van der Waals surface area (Å²) in [5.41, 5.74) is 1.61. The van der Waals surface area contributed by atoms with E-state index in [2.05, 4.69) is 0 Å². The number of rotatable bonds is 9. The molecule has 2 aromatic carbocycles. The van der Waals surface area contributed by atoms with Gasteiger partial charge in [-0.05, 0) is 56.3 Å². The van der Waals surface area contributed by atoms with Crippen molar-refractivity contribution in [1.82, 2.24) is 4.90 Å². The molecule has 0 aromatic heterocycles. The van der Waals surface area contributed by atoms with E-state index in [0.29, 0.717) is 18.0 Å². The third-order valence-electron chi connectivity index (χ3n) is 7.81. The van der Waals surface area contributed by atoms with Gasteiger partial charge in [0, 0.05) is 48.5 Å². The van der Waals surface area contributed by atoms with Gasteiger partial charge < -0.3 is 23.6 Å². The number of fused-ring (bicyclic) bond motifs is 1. The number of aliphatic hydroxyl groups is 1. The summed E-state index contributed by atoms with van der Waals surface area (Å²) in [4.78, 5) is 28.5. The van der Waals surface area contributed by atoms with Crippen molar-refractivity contribution in [2.75, 3.05) is 25.2 Å². The van der Waals surface area contributed by atoms with Gasteiger partial charge in [-0.3, -0.25) is 14.5 Å². The van der Waals surface area contributed by atoms with Gasteiger partial charge in [0.05, 0.1) is 18.8 Å². The number of carbonyl (C=O) groups is 2. The average Bonchev–Trinajstić information content (AvgIpc) is 3.37. The zero-order chi connectivity index (χ0) is 26.7. The summed E-state index contributed by atoms with van der Waals surface area (Å²) >= 11 is 0. The molecule has 2 aromatic rings. The molecule has 0 spiro atoms. The van der Waals surface area contributed by atoms with Crippen LogP contribution in [0.15, 0.2) is 48.5 Å². The molecular formula is C28H37FN2O5Si. The van der Waals surface area contributed by atoms with E-state index in [0.717, 1.165) is 30.5 Å². The number of likely N-dealkylation sites (tertiary alicyclic amines) is 1. The number of amides is 2. The number of benzene rings is 2. The smallest absolute Gasteiger partial charge is 0.248 e. The van der Waals surface area contributed by atoms with Gasteiger partial charge in [0.15, 0.2) is 0 Å². The first-order chi connectivity index (χ1) is 17.7. The van der Waals surface area contributed by atoms with Crippen LogP contribution >= 0.6 is 0 Å². The van der Waals surface area contributed by atoms with Crippen molar-refractivity contribution in [2.24, 2.45) is 5.92 Å². The first-order valence-corrected chi connectivity index (χ1v) is 15.9. The van der Waals surface area contributed by atoms with E-state index in [1.165, 1.54) is 0 Å². The highest BCUT2D eigenvalue weighted by atomic mass is 28.4. The minimum atomic E-state index is -3.35. The minimum absolute atomic E-state index is 0.0397. The van der Waals surface area contributed by atoms with Gasteiger partial charge in [0.25, 0.3) is 0 Å². The number of methoxy groups -OCH3 is 1. The van der Waals surface area contributed by atoms with E-state index in [4.69, 9.17) is 9.47 Å². The minimum Gasteiger partial charge on any atom is -0.490 e. The number of nitrogens with zero attached hydrogens (tertiary/aromatic N) is 2. The van der Waals surface area contributed by atoms with Crippen molar-refractivity contribution in [3.05, 3.63) is 54.1 Å². The molecule has 2 aliphatic rings. The Balaban J connectivity index is 1.64. The van der Waals surface area contributed by atoms with Crippen LogP contribution in [0.3, 0.4) is 0 Å². The topological polar surface area (TPSA) is 79.3 Å². The van der Waals surface area contributed by atoms with Crippen LogP contribution in [0.5, 0.6) is 5.75 Å². The zero-order valence-electron chi connectivity index (χ0n) is 22.0. The van der Waals surface area contributed by atoms with E-state index in [9.17, 15) is 14.7 Å². The summed E-state index contributed by atoms with van der Waals surface area (Å²) in [6.07, 6.45) is 1.47. The van der Waals surface area contributed by atoms with Crippen molar-refractivity contribution >= 4 is 32.1 Å². The number of carbonyl (C=O) groups excluding carboxylic acids is 2. The van der Waals surface area contributed by atoms with E-state index >= 15 is 4.11 Å². The van der Waals surface area contributed by atoms with Crippen LogP contribution in [0, 0.1) is 5.92 Å². The highest BCUT2D eigenvalue weighted by molar-refractivity contribution is 6.72. The van der Waals surface area contributed by atoms with Crippen molar-refractivity contribution in [2.45, 2.75) is 63.1 Å². The van der Waals surface area contributed by atoms with E-state index in [1.54, 1.807) is 42.1 Å². The Morgan fingerprint density at radius 1 is 1.27 bits per heavy atom. The number of hydrogen-bond acceptors (Lipinski definition) is 5. The highest BCUT2D eigenvalue weighted by Crippen LogP contribution is 2.48. The SMILES string of the molecule is CO[C@H]1c2cc(N(C=O)c3ccccc3)ccc2O[C@@H](C(CC(=O)N2CCC[C@H]2CO)[Si](C)(C)F)[C@@H]1C. The van der Waals surface area contributed by atoms with Crippen LogP contribution in [0.4, 0.5) is 15.5 Å². The second kappa shape index (κ2) is 11.3. The van der Waals surface area contributed by atoms with Gasteiger partial charge in [0.1, 0.15) is 11.9 Å². The summed E-state index contributed by atoms with van der Waals surface area (Å²) in [7, 11) is -1.74. The van der Waals surface area contributed by atoms with Gasteiger partial charge in [-0.15, -0.1) is 0 Å². The van der Waals surface area contributed by atoms with E-state index in [1.807, 2.05) is 43.3 Å². The standard InChI is InChI=1S/C28H37FN2O5Si/c1-19-27(35-2)23-15-21(31(18-33)20-9-6-5-7-10-20)12-13-24(23)36-28(19)25(37(3,4)29)16-26(34)30-14-8-11-22(30)17-32/h5-7,9-10,12-13,15,18-19,22,25,27-28,32H,8,11,14,16-17H2,1-4H3/t19-,22+,25?,27-,28-/m1/s1. The van der Waals surface area contributed by atoms with Gasteiger partial charge in [-0.1, -0.05) is 25.1 Å². The molecule has 4 rings (SSSR count). The molecule has 2 heterocycles. The number of ether oxygens (including phenoxy) is 2. The Bertz CT molecular complexity index is 1100. The number of anilines is 2. The monoisotopic (exact) mass is 528 g/mol. The van der Waals surface area contributed by atoms with Crippen LogP contribution in [-0.4, -0.2) is 63.1 Å². The maximum atomic E-state index is 15.8. The number of para-hydroxylation sites is 1. The molecule has 5 atom stereocenters. The second-order valence-corrected chi connectivity index (χ2v) is 14.4. The predicted molar refractivity (Wildman–Crippen MR) is 143 cm³/mol. The van der Waals surface area contributed by atoms with Crippen LogP contribution in [0.1, 0.15) is 37.9 Å². The maximum Gasteiger partial charge on any atom is 0.248 e. The molecule has 200 valence electrons. The highest BCUT2D eigenvalue weighted by Gasteiger charge is 2.49. The van der Waals surface area contributed by atoms with Gasteiger partial charge >= 0.3 is 0 Å². The molecule has 37 heavy (non-hydrogen) atoms. The van der Waals surface area contributed by atoms with Crippen LogP contribution in [-0.2, 0) is 14.3 Å². The molecule has 7 nitrogen and oxygen atoms in total. The lowest BCUT2D eigenvalue weighted by molar-refractivity contribution is -0.133. The third-order valence-corrected chi connectivity index (χ3v) is 10.1. The molecule has 1 unspecified atom stereocenters. The molecule has 0 aliphatic carbocycles. The third kappa shape index (κ3) is 5.58. The normalized spacial score (nSPS) is 24.2. The second-order valence-electron chi connectivity index (χ2n) is 10.6. The van der Waals surface area contributed by atoms with Crippen molar-refractivity contribution in [1.29, 1.82) is 0 Å². The Morgan fingerprint density at radius 2 is 2.00 bits per heavy atom. The fraction of sp³-hybridized carbons (Fsp3) is 0.500. The molecule has 0 radical (unpaired) electrons. The first kappa shape index (κ1) is 27.3. The fourth-order valence-corrected chi connectivity index (χ4v) is 7.60. The Morgan fingerprint density at radius 3 is 2.62 bits per heavy atom. The molecule has 9 heteroatoms. The van der Waals surface area contributed by atoms with Crippen LogP contribution < -0.4 is 9.64 Å². The van der Waals surface area contributed by atoms with E-state index < -0.39 is 26.2 Å². The quantitative estimate of drug-likeness (QED) is 0.282. The lowest BCUT2D eigenvalue weighted by Crippen LogP contribution is -2.48. The summed E-state index contributed by atoms with van der Waals surface area (Å²) in [6, 6.07) is 14.6. The van der Waals surface area contributed by atoms with Gasteiger partial charge in [0.2, 0.25) is 20.7 Å². The van der Waals surface area contributed by atoms with Crippen LogP contribution in [0.2, 0.25) is 18.6 Å². The molecule has 0 bridgehead atoms. The molecule has 1 saturated heterocycles. The van der Waals surface area contributed by atoms with E-state index in [-0.39, 0.29) is 30.9 Å². The Hall–Kier alpha value is -2.75. The van der Waals surface area contributed by atoms with Crippen molar-refractivity contribution in [3.63, 3.8) is 0 Å². The molecule has 0 saturated carbocycles. The summed E-state index contributed by atoms with van der Waals surface area (Å²) in [6.45, 7) is 5.72.